The highest BCUT2D eigenvalue weighted by Gasteiger charge is 2.16. The third-order valence-corrected chi connectivity index (χ3v) is 2.90. The standard InChI is InChI=1S/C12H27N3O.2ClH/c1-12(2)11-15-6-4-14(5-7-15)8-10-16-9-3-13;;/h12H,3-11,13H2,1-2H3;2*1H. The Kier molecular flexibility index (Phi) is 14.3. The van der Waals surface area contributed by atoms with Crippen LogP contribution >= 0.6 is 24.8 Å². The normalized spacial score (nSPS) is 17.3. The van der Waals surface area contributed by atoms with E-state index in [1.165, 1.54) is 32.7 Å². The molecule has 0 saturated carbocycles. The predicted molar refractivity (Wildman–Crippen MR) is 82.1 cm³/mol. The summed E-state index contributed by atoms with van der Waals surface area (Å²) in [7, 11) is 0. The van der Waals surface area contributed by atoms with E-state index in [4.69, 9.17) is 10.5 Å². The van der Waals surface area contributed by atoms with Crippen molar-refractivity contribution < 1.29 is 4.74 Å². The summed E-state index contributed by atoms with van der Waals surface area (Å²) in [5.74, 6) is 0.777. The van der Waals surface area contributed by atoms with E-state index in [1.54, 1.807) is 0 Å². The van der Waals surface area contributed by atoms with E-state index in [2.05, 4.69) is 23.6 Å². The molecule has 18 heavy (non-hydrogen) atoms. The minimum absolute atomic E-state index is 0. The van der Waals surface area contributed by atoms with Crippen LogP contribution in [0.1, 0.15) is 13.8 Å². The van der Waals surface area contributed by atoms with Gasteiger partial charge in [0.25, 0.3) is 0 Å². The first kappa shape index (κ1) is 20.7. The molecule has 0 aromatic rings. The van der Waals surface area contributed by atoms with Crippen LogP contribution in [0.2, 0.25) is 0 Å². The highest BCUT2D eigenvalue weighted by atomic mass is 35.5. The number of piperazine rings is 1. The van der Waals surface area contributed by atoms with Crippen molar-refractivity contribution in [1.29, 1.82) is 0 Å². The Hall–Kier alpha value is 0.420. The van der Waals surface area contributed by atoms with E-state index >= 15 is 0 Å². The molecule has 1 aliphatic heterocycles. The van der Waals surface area contributed by atoms with E-state index < -0.39 is 0 Å². The van der Waals surface area contributed by atoms with Crippen LogP contribution in [-0.4, -0.2) is 68.8 Å². The van der Waals surface area contributed by atoms with Crippen molar-refractivity contribution in [3.8, 4) is 0 Å². The third kappa shape index (κ3) is 9.36. The smallest absolute Gasteiger partial charge is 0.0594 e. The lowest BCUT2D eigenvalue weighted by Gasteiger charge is -2.35. The van der Waals surface area contributed by atoms with Crippen LogP contribution in [0.25, 0.3) is 0 Å². The lowest BCUT2D eigenvalue weighted by molar-refractivity contribution is 0.0752. The summed E-state index contributed by atoms with van der Waals surface area (Å²) in [6.07, 6.45) is 0. The van der Waals surface area contributed by atoms with Crippen molar-refractivity contribution in [2.45, 2.75) is 13.8 Å². The maximum atomic E-state index is 5.40. The Morgan fingerprint density at radius 1 is 1.00 bits per heavy atom. The van der Waals surface area contributed by atoms with E-state index in [-0.39, 0.29) is 24.8 Å². The van der Waals surface area contributed by atoms with Crippen LogP contribution in [0.5, 0.6) is 0 Å². The molecule has 2 N–H and O–H groups in total. The second kappa shape index (κ2) is 12.5. The highest BCUT2D eigenvalue weighted by Crippen LogP contribution is 2.04. The van der Waals surface area contributed by atoms with Crippen LogP contribution in [0.3, 0.4) is 0 Å². The molecule has 0 aromatic carbocycles. The fourth-order valence-corrected chi connectivity index (χ4v) is 2.09. The summed E-state index contributed by atoms with van der Waals surface area (Å²) in [5.41, 5.74) is 5.37. The largest absolute Gasteiger partial charge is 0.379 e. The third-order valence-electron chi connectivity index (χ3n) is 2.90. The van der Waals surface area contributed by atoms with Gasteiger partial charge in [-0.25, -0.2) is 0 Å². The van der Waals surface area contributed by atoms with E-state index in [0.717, 1.165) is 19.1 Å². The Balaban J connectivity index is 0. The van der Waals surface area contributed by atoms with Crippen molar-refractivity contribution in [1.82, 2.24) is 9.80 Å². The molecule has 0 spiro atoms. The zero-order valence-corrected chi connectivity index (χ0v) is 13.3. The first-order valence-corrected chi connectivity index (χ1v) is 6.45. The maximum Gasteiger partial charge on any atom is 0.0594 e. The molecule has 1 fully saturated rings. The van der Waals surface area contributed by atoms with Gasteiger partial charge in [-0.1, -0.05) is 13.8 Å². The Bertz CT molecular complexity index is 177. The molecule has 0 amide bonds. The Labute approximate surface area is 124 Å². The van der Waals surface area contributed by atoms with Crippen molar-refractivity contribution in [2.24, 2.45) is 11.7 Å². The van der Waals surface area contributed by atoms with Gasteiger partial charge in [0, 0.05) is 45.8 Å². The molecule has 4 nitrogen and oxygen atoms in total. The van der Waals surface area contributed by atoms with Crippen LogP contribution in [-0.2, 0) is 4.74 Å². The zero-order valence-electron chi connectivity index (χ0n) is 11.6. The fraction of sp³-hybridized carbons (Fsp3) is 1.00. The van der Waals surface area contributed by atoms with Crippen molar-refractivity contribution in [3.05, 3.63) is 0 Å². The van der Waals surface area contributed by atoms with E-state index in [0.29, 0.717) is 13.2 Å². The van der Waals surface area contributed by atoms with Crippen LogP contribution in [0.15, 0.2) is 0 Å². The van der Waals surface area contributed by atoms with Gasteiger partial charge >= 0.3 is 0 Å². The summed E-state index contributed by atoms with van der Waals surface area (Å²) < 4.78 is 5.40. The molecule has 0 bridgehead atoms. The average molecular weight is 302 g/mol. The molecule has 112 valence electrons. The minimum atomic E-state index is 0. The topological polar surface area (TPSA) is 41.7 Å². The van der Waals surface area contributed by atoms with Gasteiger partial charge in [-0.15, -0.1) is 24.8 Å². The second-order valence-corrected chi connectivity index (χ2v) is 4.94. The molecule has 0 aromatic heterocycles. The first-order valence-electron chi connectivity index (χ1n) is 6.45. The van der Waals surface area contributed by atoms with Crippen LogP contribution < -0.4 is 5.73 Å². The molecule has 1 saturated heterocycles. The summed E-state index contributed by atoms with van der Waals surface area (Å²) in [6, 6.07) is 0. The Morgan fingerprint density at radius 3 is 2.06 bits per heavy atom. The van der Waals surface area contributed by atoms with Gasteiger partial charge in [0.05, 0.1) is 13.2 Å². The number of halogens is 2. The van der Waals surface area contributed by atoms with Gasteiger partial charge in [0.2, 0.25) is 0 Å². The van der Waals surface area contributed by atoms with Gasteiger partial charge in [0.1, 0.15) is 0 Å². The molecule has 0 atom stereocenters. The summed E-state index contributed by atoms with van der Waals surface area (Å²) >= 11 is 0. The minimum Gasteiger partial charge on any atom is -0.379 e. The van der Waals surface area contributed by atoms with Gasteiger partial charge in [-0.3, -0.25) is 4.90 Å². The second-order valence-electron chi connectivity index (χ2n) is 4.94. The number of rotatable bonds is 7. The molecule has 0 unspecified atom stereocenters. The lowest BCUT2D eigenvalue weighted by Crippen LogP contribution is -2.48. The molecular formula is C12H29Cl2N3O. The predicted octanol–water partition coefficient (Wildman–Crippen LogP) is 1.08. The zero-order chi connectivity index (χ0) is 11.8. The quantitative estimate of drug-likeness (QED) is 0.715. The lowest BCUT2D eigenvalue weighted by atomic mass is 10.2. The molecule has 1 heterocycles. The number of nitrogens with zero attached hydrogens (tertiary/aromatic N) is 2. The molecule has 6 heteroatoms. The summed E-state index contributed by atoms with van der Waals surface area (Å²) in [4.78, 5) is 5.04. The van der Waals surface area contributed by atoms with E-state index in [1.807, 2.05) is 0 Å². The van der Waals surface area contributed by atoms with Crippen molar-refractivity contribution >= 4 is 24.8 Å². The van der Waals surface area contributed by atoms with Gasteiger partial charge in [-0.05, 0) is 5.92 Å². The van der Waals surface area contributed by atoms with E-state index in [9.17, 15) is 0 Å². The van der Waals surface area contributed by atoms with Gasteiger partial charge < -0.3 is 15.4 Å². The Morgan fingerprint density at radius 2 is 1.56 bits per heavy atom. The number of hydrogen-bond donors (Lipinski definition) is 1. The molecule has 1 rings (SSSR count). The van der Waals surface area contributed by atoms with Crippen molar-refractivity contribution in [2.75, 3.05) is 59.0 Å². The summed E-state index contributed by atoms with van der Waals surface area (Å²) in [5, 5.41) is 0. The maximum absolute atomic E-state index is 5.40. The first-order chi connectivity index (χ1) is 7.72. The molecule has 0 radical (unpaired) electrons. The highest BCUT2D eigenvalue weighted by molar-refractivity contribution is 5.85. The number of nitrogens with two attached hydrogens (primary N) is 1. The SMILES string of the molecule is CC(C)CN1CCN(CCOCCN)CC1.Cl.Cl. The summed E-state index contributed by atoms with van der Waals surface area (Å²) in [6.45, 7) is 13.8. The molecular weight excluding hydrogens is 273 g/mol. The van der Waals surface area contributed by atoms with Crippen molar-refractivity contribution in [3.63, 3.8) is 0 Å². The average Bonchev–Trinajstić information content (AvgIpc) is 2.26. The van der Waals surface area contributed by atoms with Gasteiger partial charge in [0.15, 0.2) is 0 Å². The van der Waals surface area contributed by atoms with Crippen LogP contribution in [0.4, 0.5) is 0 Å². The number of ether oxygens (including phenoxy) is 1. The molecule has 1 aliphatic rings. The number of hydrogen-bond acceptors (Lipinski definition) is 4. The monoisotopic (exact) mass is 301 g/mol. The fourth-order valence-electron chi connectivity index (χ4n) is 2.09. The van der Waals surface area contributed by atoms with Gasteiger partial charge in [-0.2, -0.15) is 0 Å². The van der Waals surface area contributed by atoms with Crippen LogP contribution in [0, 0.1) is 5.92 Å². The molecule has 0 aliphatic carbocycles.